The monoisotopic (exact) mass is 189 g/mol. The van der Waals surface area contributed by atoms with Crippen LogP contribution >= 0.6 is 0 Å². The number of β-amino-alcohol motifs (C(OH)–C–C–N with tert-alkyl or cyclic N) is 1. The fourth-order valence-corrected chi connectivity index (χ4v) is 1.55. The number of hydrogen-bond donors (Lipinski definition) is 2. The second kappa shape index (κ2) is 5.54. The van der Waals surface area contributed by atoms with Gasteiger partial charge in [0.2, 0.25) is 0 Å². The highest BCUT2D eigenvalue weighted by molar-refractivity contribution is 4.72. The summed E-state index contributed by atoms with van der Waals surface area (Å²) in [5.41, 5.74) is 0. The number of aliphatic hydroxyl groups is 2. The molecular formula is C9H19NO3. The van der Waals surface area contributed by atoms with Crippen molar-refractivity contribution in [2.75, 3.05) is 32.8 Å². The molecule has 0 amide bonds. The van der Waals surface area contributed by atoms with Gasteiger partial charge in [0.1, 0.15) is 0 Å². The molecule has 1 rings (SSSR count). The minimum Gasteiger partial charge on any atom is -0.394 e. The highest BCUT2D eigenvalue weighted by Crippen LogP contribution is 2.08. The molecular weight excluding hydrogens is 170 g/mol. The number of morpholine rings is 1. The normalized spacial score (nSPS) is 27.5. The quantitative estimate of drug-likeness (QED) is 0.623. The molecule has 4 heteroatoms. The highest BCUT2D eigenvalue weighted by Gasteiger charge is 2.20. The number of rotatable bonds is 4. The molecule has 0 aromatic rings. The summed E-state index contributed by atoms with van der Waals surface area (Å²) in [4.78, 5) is 2.14. The van der Waals surface area contributed by atoms with E-state index in [9.17, 15) is 5.11 Å². The number of nitrogens with zero attached hydrogens (tertiary/aromatic N) is 1. The molecule has 1 aliphatic rings. The van der Waals surface area contributed by atoms with E-state index in [0.29, 0.717) is 12.6 Å². The van der Waals surface area contributed by atoms with Crippen LogP contribution < -0.4 is 0 Å². The Labute approximate surface area is 79.1 Å². The summed E-state index contributed by atoms with van der Waals surface area (Å²) in [6.45, 7) is 4.94. The predicted octanol–water partition coefficient (Wildman–Crippen LogP) is -0.550. The first kappa shape index (κ1) is 10.9. The van der Waals surface area contributed by atoms with Gasteiger partial charge in [-0.1, -0.05) is 6.92 Å². The van der Waals surface area contributed by atoms with Crippen molar-refractivity contribution in [3.05, 3.63) is 0 Å². The van der Waals surface area contributed by atoms with E-state index in [-0.39, 0.29) is 6.61 Å². The lowest BCUT2D eigenvalue weighted by atomic mass is 10.2. The van der Waals surface area contributed by atoms with E-state index in [1.54, 1.807) is 0 Å². The molecule has 1 aliphatic heterocycles. The first-order valence-electron chi connectivity index (χ1n) is 4.89. The van der Waals surface area contributed by atoms with E-state index in [0.717, 1.165) is 26.1 Å². The van der Waals surface area contributed by atoms with Gasteiger partial charge in [0.15, 0.2) is 0 Å². The van der Waals surface area contributed by atoms with Gasteiger partial charge in [-0.25, -0.2) is 0 Å². The van der Waals surface area contributed by atoms with Crippen molar-refractivity contribution in [2.45, 2.75) is 25.6 Å². The Morgan fingerprint density at radius 1 is 1.62 bits per heavy atom. The maximum absolute atomic E-state index is 9.24. The fraction of sp³-hybridized carbons (Fsp3) is 1.00. The van der Waals surface area contributed by atoms with Crippen molar-refractivity contribution >= 4 is 0 Å². The standard InChI is InChI=1S/C9H19NO3/c1-2-9-6-10(3-4-13-9)5-8(12)7-11/h8-9,11-12H,2-7H2,1H3. The molecule has 0 radical (unpaired) electrons. The summed E-state index contributed by atoms with van der Waals surface area (Å²) in [5, 5.41) is 17.9. The van der Waals surface area contributed by atoms with Gasteiger partial charge in [0, 0.05) is 19.6 Å². The van der Waals surface area contributed by atoms with E-state index in [1.807, 2.05) is 0 Å². The largest absolute Gasteiger partial charge is 0.394 e. The minimum atomic E-state index is -0.615. The van der Waals surface area contributed by atoms with Crippen LogP contribution in [0.5, 0.6) is 0 Å². The molecule has 13 heavy (non-hydrogen) atoms. The molecule has 0 spiro atoms. The van der Waals surface area contributed by atoms with Gasteiger partial charge in [-0.2, -0.15) is 0 Å². The third-order valence-corrected chi connectivity index (χ3v) is 2.36. The molecule has 0 bridgehead atoms. The van der Waals surface area contributed by atoms with Crippen molar-refractivity contribution in [1.82, 2.24) is 4.90 Å². The zero-order valence-corrected chi connectivity index (χ0v) is 8.15. The molecule has 1 saturated heterocycles. The van der Waals surface area contributed by atoms with E-state index in [4.69, 9.17) is 9.84 Å². The zero-order valence-electron chi connectivity index (χ0n) is 8.15. The van der Waals surface area contributed by atoms with Crippen LogP contribution in [0.15, 0.2) is 0 Å². The third-order valence-electron chi connectivity index (χ3n) is 2.36. The van der Waals surface area contributed by atoms with Crippen LogP contribution in [0.1, 0.15) is 13.3 Å². The molecule has 2 unspecified atom stereocenters. The second-order valence-electron chi connectivity index (χ2n) is 3.50. The van der Waals surface area contributed by atoms with Gasteiger partial charge in [0.05, 0.1) is 25.4 Å². The molecule has 0 aromatic heterocycles. The maximum atomic E-state index is 9.24. The summed E-state index contributed by atoms with van der Waals surface area (Å²) in [6, 6.07) is 0. The number of aliphatic hydroxyl groups excluding tert-OH is 2. The van der Waals surface area contributed by atoms with Crippen molar-refractivity contribution in [1.29, 1.82) is 0 Å². The molecule has 1 fully saturated rings. The van der Waals surface area contributed by atoms with Crippen LogP contribution in [0.4, 0.5) is 0 Å². The topological polar surface area (TPSA) is 52.9 Å². The molecule has 2 N–H and O–H groups in total. The van der Waals surface area contributed by atoms with E-state index in [2.05, 4.69) is 11.8 Å². The van der Waals surface area contributed by atoms with Crippen LogP contribution in [0.2, 0.25) is 0 Å². The van der Waals surface area contributed by atoms with Crippen molar-refractivity contribution in [2.24, 2.45) is 0 Å². The summed E-state index contributed by atoms with van der Waals surface area (Å²) in [6.07, 6.45) is 0.682. The van der Waals surface area contributed by atoms with Crippen LogP contribution in [-0.4, -0.2) is 60.2 Å². The third kappa shape index (κ3) is 3.60. The molecule has 2 atom stereocenters. The number of ether oxygens (including phenoxy) is 1. The Hall–Kier alpha value is -0.160. The lowest BCUT2D eigenvalue weighted by Crippen LogP contribution is -2.45. The van der Waals surface area contributed by atoms with Gasteiger partial charge in [-0.05, 0) is 6.42 Å². The van der Waals surface area contributed by atoms with E-state index >= 15 is 0 Å². The first-order chi connectivity index (χ1) is 6.26. The Bertz CT molecular complexity index is 141. The average Bonchev–Trinajstić information content (AvgIpc) is 2.18. The first-order valence-corrected chi connectivity index (χ1v) is 4.89. The van der Waals surface area contributed by atoms with Crippen LogP contribution in [-0.2, 0) is 4.74 Å². The molecule has 0 aliphatic carbocycles. The van der Waals surface area contributed by atoms with Gasteiger partial charge < -0.3 is 14.9 Å². The second-order valence-corrected chi connectivity index (χ2v) is 3.50. The lowest BCUT2D eigenvalue weighted by molar-refractivity contribution is -0.0464. The van der Waals surface area contributed by atoms with Crippen molar-refractivity contribution < 1.29 is 14.9 Å². The Balaban J connectivity index is 2.25. The molecule has 4 nitrogen and oxygen atoms in total. The van der Waals surface area contributed by atoms with E-state index < -0.39 is 6.10 Å². The Morgan fingerprint density at radius 2 is 2.38 bits per heavy atom. The van der Waals surface area contributed by atoms with Gasteiger partial charge >= 0.3 is 0 Å². The number of hydrogen-bond acceptors (Lipinski definition) is 4. The van der Waals surface area contributed by atoms with Crippen LogP contribution in [0, 0.1) is 0 Å². The van der Waals surface area contributed by atoms with Gasteiger partial charge in [0.25, 0.3) is 0 Å². The maximum Gasteiger partial charge on any atom is 0.0897 e. The highest BCUT2D eigenvalue weighted by atomic mass is 16.5. The Morgan fingerprint density at radius 3 is 3.00 bits per heavy atom. The minimum absolute atomic E-state index is 0.159. The average molecular weight is 189 g/mol. The summed E-state index contributed by atoms with van der Waals surface area (Å²) < 4.78 is 5.49. The van der Waals surface area contributed by atoms with Crippen LogP contribution in [0.25, 0.3) is 0 Å². The molecule has 78 valence electrons. The van der Waals surface area contributed by atoms with Crippen LogP contribution in [0.3, 0.4) is 0 Å². The van der Waals surface area contributed by atoms with E-state index in [1.165, 1.54) is 0 Å². The SMILES string of the molecule is CCC1CN(CC(O)CO)CCO1. The lowest BCUT2D eigenvalue weighted by Gasteiger charge is -2.33. The summed E-state index contributed by atoms with van der Waals surface area (Å²) in [5.74, 6) is 0. The smallest absolute Gasteiger partial charge is 0.0897 e. The van der Waals surface area contributed by atoms with Gasteiger partial charge in [-0.15, -0.1) is 0 Å². The fourth-order valence-electron chi connectivity index (χ4n) is 1.55. The molecule has 0 saturated carbocycles. The van der Waals surface area contributed by atoms with Gasteiger partial charge in [-0.3, -0.25) is 4.90 Å². The predicted molar refractivity (Wildman–Crippen MR) is 49.6 cm³/mol. The van der Waals surface area contributed by atoms with Crippen molar-refractivity contribution in [3.8, 4) is 0 Å². The Kier molecular flexibility index (Phi) is 4.66. The summed E-state index contributed by atoms with van der Waals surface area (Å²) >= 11 is 0. The molecule has 1 heterocycles. The summed E-state index contributed by atoms with van der Waals surface area (Å²) in [7, 11) is 0. The molecule has 0 aromatic carbocycles. The zero-order chi connectivity index (χ0) is 9.68. The van der Waals surface area contributed by atoms with Crippen molar-refractivity contribution in [3.63, 3.8) is 0 Å².